The van der Waals surface area contributed by atoms with Crippen molar-refractivity contribution in [1.82, 2.24) is 15.2 Å². The summed E-state index contributed by atoms with van der Waals surface area (Å²) in [6.07, 6.45) is 1.72. The molecule has 2 aromatic heterocycles. The van der Waals surface area contributed by atoms with E-state index in [-0.39, 0.29) is 0 Å². The first kappa shape index (κ1) is 18.7. The fourth-order valence-corrected chi connectivity index (χ4v) is 3.95. The lowest BCUT2D eigenvalue weighted by Gasteiger charge is -2.28. The van der Waals surface area contributed by atoms with E-state index in [1.165, 1.54) is 16.2 Å². The van der Waals surface area contributed by atoms with Crippen LogP contribution in [-0.2, 0) is 17.6 Å². The van der Waals surface area contributed by atoms with Crippen LogP contribution >= 0.6 is 0 Å². The summed E-state index contributed by atoms with van der Waals surface area (Å²) in [4.78, 5) is 16.9. The molecule has 4 rings (SSSR count). The van der Waals surface area contributed by atoms with Crippen LogP contribution in [0, 0.1) is 5.41 Å². The van der Waals surface area contributed by atoms with Gasteiger partial charge >= 0.3 is 0 Å². The van der Waals surface area contributed by atoms with Gasteiger partial charge in [0.05, 0.1) is 12.3 Å². The number of carbonyl (C=O) groups excluding carboxylic acids is 1. The first-order valence-corrected chi connectivity index (χ1v) is 9.55. The molecule has 0 bridgehead atoms. The van der Waals surface area contributed by atoms with Crippen LogP contribution in [0.25, 0.3) is 22.3 Å². The van der Waals surface area contributed by atoms with Gasteiger partial charge in [0.2, 0.25) is 0 Å². The first-order chi connectivity index (χ1) is 13.3. The van der Waals surface area contributed by atoms with Crippen LogP contribution in [0.4, 0.5) is 5.69 Å². The lowest BCUT2D eigenvalue weighted by Crippen LogP contribution is -2.38. The third kappa shape index (κ3) is 3.21. The Bertz CT molecular complexity index is 1030. The Morgan fingerprint density at radius 2 is 2.14 bits per heavy atom. The third-order valence-electron chi connectivity index (χ3n) is 5.70. The van der Waals surface area contributed by atoms with Gasteiger partial charge < -0.3 is 20.1 Å². The zero-order valence-corrected chi connectivity index (χ0v) is 16.4. The van der Waals surface area contributed by atoms with Crippen LogP contribution in [0.5, 0.6) is 0 Å². The van der Waals surface area contributed by atoms with Gasteiger partial charge in [-0.15, -0.1) is 0 Å². The first-order valence-electron chi connectivity index (χ1n) is 9.55. The van der Waals surface area contributed by atoms with Gasteiger partial charge in [0.15, 0.2) is 6.10 Å². The molecule has 148 valence electrons. The summed E-state index contributed by atoms with van der Waals surface area (Å²) in [5, 5.41) is 27.4. The van der Waals surface area contributed by atoms with Crippen LogP contribution in [-0.4, -0.2) is 51.1 Å². The molecule has 3 aromatic rings. The lowest BCUT2D eigenvalue weighted by molar-refractivity contribution is -0.128. The van der Waals surface area contributed by atoms with Gasteiger partial charge in [-0.3, -0.25) is 9.89 Å². The van der Waals surface area contributed by atoms with E-state index >= 15 is 0 Å². The highest BCUT2D eigenvalue weighted by atomic mass is 16.3. The number of carbonyl (C=O) groups is 1. The number of hydrogen-bond donors (Lipinski definition) is 4. The minimum atomic E-state index is -1.42. The molecule has 0 saturated heterocycles. The molecule has 0 aliphatic heterocycles. The van der Waals surface area contributed by atoms with E-state index in [9.17, 15) is 9.90 Å². The van der Waals surface area contributed by atoms with E-state index < -0.39 is 18.6 Å². The zero-order valence-electron chi connectivity index (χ0n) is 16.4. The average molecular weight is 382 g/mol. The number of fused-ring (bicyclic) bond motifs is 2. The van der Waals surface area contributed by atoms with Gasteiger partial charge in [0, 0.05) is 34.9 Å². The van der Waals surface area contributed by atoms with Crippen molar-refractivity contribution in [3.05, 3.63) is 35.5 Å². The maximum atomic E-state index is 12.1. The number of nitrogens with zero attached hydrogens (tertiary/aromatic N) is 2. The van der Waals surface area contributed by atoms with Crippen molar-refractivity contribution < 1.29 is 15.0 Å². The van der Waals surface area contributed by atoms with Crippen molar-refractivity contribution in [2.24, 2.45) is 5.41 Å². The summed E-state index contributed by atoms with van der Waals surface area (Å²) in [5.74, 6) is -0.544. The number of aliphatic hydroxyl groups is 2. The summed E-state index contributed by atoms with van der Waals surface area (Å²) in [6.45, 7) is 3.97. The second-order valence-electron chi connectivity index (χ2n) is 8.42. The van der Waals surface area contributed by atoms with Gasteiger partial charge in [-0.25, -0.2) is 0 Å². The molecule has 7 nitrogen and oxygen atoms in total. The molecule has 1 atom stereocenters. The molecule has 0 fully saturated rings. The number of hydrogen-bond acceptors (Lipinski definition) is 4. The van der Waals surface area contributed by atoms with Crippen LogP contribution in [0.15, 0.2) is 24.3 Å². The number of aromatic nitrogens is 3. The van der Waals surface area contributed by atoms with E-state index in [4.69, 9.17) is 5.11 Å². The minimum absolute atomic E-state index is 0.294. The number of aliphatic hydroxyl groups excluding tert-OH is 2. The number of aromatic amines is 2. The molecule has 28 heavy (non-hydrogen) atoms. The maximum Gasteiger partial charge on any atom is 0.257 e. The standard InChI is InChI=1S/C21H26N4O3/c1-21(2)7-6-14-17(10-21)23-24-19(14)16-8-12-4-5-13(9-15(12)22-16)25(3)20(28)18(27)11-26/h4-5,8-9,18,22,26-27H,6-7,10-11H2,1-3H3,(H,23,24). The number of H-pyrrole nitrogens is 2. The van der Waals surface area contributed by atoms with Crippen LogP contribution in [0.3, 0.4) is 0 Å². The van der Waals surface area contributed by atoms with Crippen LogP contribution in [0.2, 0.25) is 0 Å². The number of rotatable bonds is 4. The Hall–Kier alpha value is -2.64. The Morgan fingerprint density at radius 1 is 1.36 bits per heavy atom. The second-order valence-corrected chi connectivity index (χ2v) is 8.42. The van der Waals surface area contributed by atoms with Crippen molar-refractivity contribution in [2.45, 2.75) is 39.2 Å². The summed E-state index contributed by atoms with van der Waals surface area (Å²) in [7, 11) is 1.58. The monoisotopic (exact) mass is 382 g/mol. The highest BCUT2D eigenvalue weighted by Crippen LogP contribution is 2.38. The smallest absolute Gasteiger partial charge is 0.257 e. The molecule has 1 amide bonds. The number of anilines is 1. The highest BCUT2D eigenvalue weighted by Gasteiger charge is 2.29. The molecule has 7 heteroatoms. The Labute approximate surface area is 163 Å². The minimum Gasteiger partial charge on any atom is -0.393 e. The molecule has 0 radical (unpaired) electrons. The van der Waals surface area contributed by atoms with Gasteiger partial charge in [-0.1, -0.05) is 19.9 Å². The number of nitrogens with one attached hydrogen (secondary N) is 2. The predicted molar refractivity (Wildman–Crippen MR) is 108 cm³/mol. The van der Waals surface area contributed by atoms with Gasteiger partial charge in [-0.2, -0.15) is 5.10 Å². The van der Waals surface area contributed by atoms with Crippen molar-refractivity contribution >= 4 is 22.5 Å². The van der Waals surface area contributed by atoms with Crippen molar-refractivity contribution in [3.8, 4) is 11.4 Å². The van der Waals surface area contributed by atoms with Gasteiger partial charge in [0.25, 0.3) is 5.91 Å². The summed E-state index contributed by atoms with van der Waals surface area (Å²) in [5.41, 5.74) is 6.24. The number of likely N-dealkylation sites (N-methyl/N-ethyl adjacent to an activating group) is 1. The maximum absolute atomic E-state index is 12.1. The molecule has 1 unspecified atom stereocenters. The van der Waals surface area contributed by atoms with E-state index in [2.05, 4.69) is 35.1 Å². The van der Waals surface area contributed by atoms with Crippen molar-refractivity contribution in [3.63, 3.8) is 0 Å². The van der Waals surface area contributed by atoms with Crippen molar-refractivity contribution in [1.29, 1.82) is 0 Å². The Kier molecular flexibility index (Phi) is 4.51. The summed E-state index contributed by atoms with van der Waals surface area (Å²) >= 11 is 0. The summed E-state index contributed by atoms with van der Waals surface area (Å²) in [6, 6.07) is 7.69. The SMILES string of the molecule is CN(C(=O)C(O)CO)c1ccc2cc(-c3n[nH]c4c3CCC(C)(C)C4)[nH]c2c1. The number of benzene rings is 1. The van der Waals surface area contributed by atoms with E-state index in [0.717, 1.165) is 41.6 Å². The molecule has 0 spiro atoms. The second kappa shape index (κ2) is 6.76. The van der Waals surface area contributed by atoms with Crippen molar-refractivity contribution in [2.75, 3.05) is 18.6 Å². The Morgan fingerprint density at radius 3 is 2.89 bits per heavy atom. The quantitative estimate of drug-likeness (QED) is 0.556. The molecule has 2 heterocycles. The third-order valence-corrected chi connectivity index (χ3v) is 5.70. The zero-order chi connectivity index (χ0) is 20.1. The Balaban J connectivity index is 1.67. The normalized spacial score (nSPS) is 16.8. The van der Waals surface area contributed by atoms with Crippen LogP contribution in [0.1, 0.15) is 31.5 Å². The topological polar surface area (TPSA) is 105 Å². The average Bonchev–Trinajstić information content (AvgIpc) is 3.27. The molecule has 0 saturated carbocycles. The van der Waals surface area contributed by atoms with E-state index in [1.807, 2.05) is 18.2 Å². The van der Waals surface area contributed by atoms with Crippen LogP contribution < -0.4 is 4.90 Å². The molecular formula is C21H26N4O3. The molecule has 1 aliphatic carbocycles. The fourth-order valence-electron chi connectivity index (χ4n) is 3.95. The lowest BCUT2D eigenvalue weighted by atomic mass is 9.76. The summed E-state index contributed by atoms with van der Waals surface area (Å²) < 4.78 is 0. The predicted octanol–water partition coefficient (Wildman–Crippen LogP) is 2.39. The molecule has 1 aromatic carbocycles. The highest BCUT2D eigenvalue weighted by molar-refractivity contribution is 5.98. The molecule has 1 aliphatic rings. The largest absolute Gasteiger partial charge is 0.393 e. The van der Waals surface area contributed by atoms with Gasteiger partial charge in [-0.05, 0) is 42.9 Å². The number of amides is 1. The fraction of sp³-hybridized carbons (Fsp3) is 0.429. The molecular weight excluding hydrogens is 356 g/mol. The van der Waals surface area contributed by atoms with E-state index in [0.29, 0.717) is 11.1 Å². The molecule has 4 N–H and O–H groups in total. The van der Waals surface area contributed by atoms with E-state index in [1.54, 1.807) is 7.05 Å². The van der Waals surface area contributed by atoms with Gasteiger partial charge in [0.1, 0.15) is 5.69 Å².